The molecule has 0 amide bonds. The molecule has 1 rings (SSSR count). The molecule has 1 unspecified atom stereocenters. The molecule has 1 aromatic rings. The molecule has 0 aliphatic heterocycles. The largest absolute Gasteiger partial charge is 0.493 e. The number of aliphatic carboxylic acids is 1. The van der Waals surface area contributed by atoms with Crippen molar-refractivity contribution in [2.45, 2.75) is 32.8 Å². The number of carboxylic acid groups (broad SMARTS) is 1. The molecule has 0 radical (unpaired) electrons. The molecule has 0 aliphatic carbocycles. The highest BCUT2D eigenvalue weighted by molar-refractivity contribution is 5.72. The van der Waals surface area contributed by atoms with Gasteiger partial charge in [-0.05, 0) is 31.5 Å². The van der Waals surface area contributed by atoms with Gasteiger partial charge in [0.05, 0.1) is 6.61 Å². The standard InChI is InChI=1S/C16H22O4/c1-4-19-15(16(17)18)11-13-5-7-14(8-6-13)20-10-9-12(2)3/h5-8,15H,2,4,9-11H2,1,3H3,(H,17,18). The van der Waals surface area contributed by atoms with Gasteiger partial charge in [-0.1, -0.05) is 17.7 Å². The first-order chi connectivity index (χ1) is 9.52. The van der Waals surface area contributed by atoms with Crippen LogP contribution in [0.2, 0.25) is 0 Å². The molecule has 1 N–H and O–H groups in total. The summed E-state index contributed by atoms with van der Waals surface area (Å²) in [6, 6.07) is 7.42. The summed E-state index contributed by atoms with van der Waals surface area (Å²) < 4.78 is 10.8. The lowest BCUT2D eigenvalue weighted by Gasteiger charge is -2.13. The van der Waals surface area contributed by atoms with Crippen LogP contribution < -0.4 is 4.74 Å². The number of hydrogen-bond acceptors (Lipinski definition) is 3. The highest BCUT2D eigenvalue weighted by Gasteiger charge is 2.17. The second-order valence-corrected chi connectivity index (χ2v) is 4.69. The lowest BCUT2D eigenvalue weighted by Crippen LogP contribution is -2.26. The van der Waals surface area contributed by atoms with Crippen LogP contribution in [0.3, 0.4) is 0 Å². The normalized spacial score (nSPS) is 11.9. The van der Waals surface area contributed by atoms with Crippen molar-refractivity contribution in [1.29, 1.82) is 0 Å². The summed E-state index contributed by atoms with van der Waals surface area (Å²) >= 11 is 0. The van der Waals surface area contributed by atoms with Crippen molar-refractivity contribution < 1.29 is 19.4 Å². The minimum Gasteiger partial charge on any atom is -0.493 e. The van der Waals surface area contributed by atoms with Crippen LogP contribution in [-0.2, 0) is 16.0 Å². The van der Waals surface area contributed by atoms with Gasteiger partial charge in [0.2, 0.25) is 0 Å². The van der Waals surface area contributed by atoms with E-state index in [4.69, 9.17) is 14.6 Å². The zero-order valence-electron chi connectivity index (χ0n) is 12.1. The van der Waals surface area contributed by atoms with Crippen LogP contribution >= 0.6 is 0 Å². The number of rotatable bonds is 9. The lowest BCUT2D eigenvalue weighted by atomic mass is 10.1. The summed E-state index contributed by atoms with van der Waals surface area (Å²) in [7, 11) is 0. The Morgan fingerprint density at radius 3 is 2.50 bits per heavy atom. The predicted molar refractivity (Wildman–Crippen MR) is 78.1 cm³/mol. The van der Waals surface area contributed by atoms with Crippen molar-refractivity contribution in [3.63, 3.8) is 0 Å². The number of hydrogen-bond donors (Lipinski definition) is 1. The van der Waals surface area contributed by atoms with Crippen LogP contribution in [0.5, 0.6) is 5.75 Å². The predicted octanol–water partition coefficient (Wildman–Crippen LogP) is 3.06. The van der Waals surface area contributed by atoms with Gasteiger partial charge in [0.25, 0.3) is 0 Å². The van der Waals surface area contributed by atoms with E-state index in [-0.39, 0.29) is 0 Å². The third kappa shape index (κ3) is 5.89. The van der Waals surface area contributed by atoms with Crippen molar-refractivity contribution in [1.82, 2.24) is 0 Å². The fourth-order valence-corrected chi connectivity index (χ4v) is 1.70. The Hall–Kier alpha value is -1.81. The molecule has 1 aromatic carbocycles. The molecule has 4 heteroatoms. The maximum atomic E-state index is 11.0. The molecule has 0 fully saturated rings. The van der Waals surface area contributed by atoms with Gasteiger partial charge in [-0.3, -0.25) is 0 Å². The molecule has 0 bridgehead atoms. The molecular weight excluding hydrogens is 256 g/mol. The van der Waals surface area contributed by atoms with Crippen molar-refractivity contribution in [3.8, 4) is 5.75 Å². The summed E-state index contributed by atoms with van der Waals surface area (Å²) in [4.78, 5) is 11.0. The van der Waals surface area contributed by atoms with E-state index in [0.717, 1.165) is 23.3 Å². The van der Waals surface area contributed by atoms with Crippen LogP contribution in [0.4, 0.5) is 0 Å². The number of carboxylic acids is 1. The van der Waals surface area contributed by atoms with Gasteiger partial charge in [-0.15, -0.1) is 6.58 Å². The van der Waals surface area contributed by atoms with Gasteiger partial charge in [0.1, 0.15) is 5.75 Å². The van der Waals surface area contributed by atoms with Gasteiger partial charge in [-0.25, -0.2) is 4.79 Å². The van der Waals surface area contributed by atoms with E-state index in [1.165, 1.54) is 0 Å². The minimum absolute atomic E-state index is 0.356. The van der Waals surface area contributed by atoms with E-state index in [1.807, 2.05) is 31.2 Å². The van der Waals surface area contributed by atoms with Gasteiger partial charge >= 0.3 is 5.97 Å². The van der Waals surface area contributed by atoms with Crippen LogP contribution in [0.15, 0.2) is 36.4 Å². The molecule has 0 saturated carbocycles. The second-order valence-electron chi connectivity index (χ2n) is 4.69. The Balaban J connectivity index is 2.52. The summed E-state index contributed by atoms with van der Waals surface area (Å²) in [5.41, 5.74) is 2.00. The van der Waals surface area contributed by atoms with E-state index in [0.29, 0.717) is 19.6 Å². The third-order valence-corrected chi connectivity index (χ3v) is 2.79. The van der Waals surface area contributed by atoms with Crippen LogP contribution in [0, 0.1) is 0 Å². The molecule has 0 heterocycles. The van der Waals surface area contributed by atoms with Crippen LogP contribution in [-0.4, -0.2) is 30.4 Å². The molecule has 0 spiro atoms. The maximum Gasteiger partial charge on any atom is 0.333 e. The average molecular weight is 278 g/mol. The van der Waals surface area contributed by atoms with Crippen LogP contribution in [0.25, 0.3) is 0 Å². The van der Waals surface area contributed by atoms with Crippen molar-refractivity contribution in [2.24, 2.45) is 0 Å². The van der Waals surface area contributed by atoms with E-state index in [2.05, 4.69) is 6.58 Å². The van der Waals surface area contributed by atoms with Gasteiger partial charge < -0.3 is 14.6 Å². The van der Waals surface area contributed by atoms with Crippen molar-refractivity contribution >= 4 is 5.97 Å². The first-order valence-electron chi connectivity index (χ1n) is 6.73. The molecule has 110 valence electrons. The molecule has 1 atom stereocenters. The molecule has 0 aliphatic rings. The smallest absolute Gasteiger partial charge is 0.333 e. The molecule has 20 heavy (non-hydrogen) atoms. The SMILES string of the molecule is C=C(C)CCOc1ccc(CC(OCC)C(=O)O)cc1. The Morgan fingerprint density at radius 2 is 2.00 bits per heavy atom. The summed E-state index contributed by atoms with van der Waals surface area (Å²) in [6.45, 7) is 8.56. The highest BCUT2D eigenvalue weighted by Crippen LogP contribution is 2.15. The summed E-state index contributed by atoms with van der Waals surface area (Å²) in [5, 5.41) is 9.03. The lowest BCUT2D eigenvalue weighted by molar-refractivity contribution is -0.149. The maximum absolute atomic E-state index is 11.0. The topological polar surface area (TPSA) is 55.8 Å². The van der Waals surface area contributed by atoms with Gasteiger partial charge in [-0.2, -0.15) is 0 Å². The zero-order chi connectivity index (χ0) is 15.0. The quantitative estimate of drug-likeness (QED) is 0.705. The Morgan fingerprint density at radius 1 is 1.35 bits per heavy atom. The van der Waals surface area contributed by atoms with E-state index in [9.17, 15) is 4.79 Å². The van der Waals surface area contributed by atoms with Gasteiger partial charge in [0.15, 0.2) is 6.10 Å². The first kappa shape index (κ1) is 16.2. The average Bonchev–Trinajstić information content (AvgIpc) is 2.39. The van der Waals surface area contributed by atoms with Gasteiger partial charge in [0, 0.05) is 19.4 Å². The highest BCUT2D eigenvalue weighted by atomic mass is 16.5. The molecule has 0 aromatic heterocycles. The summed E-state index contributed by atoms with van der Waals surface area (Å²) in [6.07, 6.45) is 0.387. The minimum atomic E-state index is -0.936. The summed E-state index contributed by atoms with van der Waals surface area (Å²) in [5.74, 6) is -0.160. The third-order valence-electron chi connectivity index (χ3n) is 2.79. The van der Waals surface area contributed by atoms with E-state index >= 15 is 0 Å². The van der Waals surface area contributed by atoms with E-state index in [1.54, 1.807) is 6.92 Å². The van der Waals surface area contributed by atoms with Crippen LogP contribution in [0.1, 0.15) is 25.8 Å². The fourth-order valence-electron chi connectivity index (χ4n) is 1.70. The van der Waals surface area contributed by atoms with Crippen molar-refractivity contribution in [2.75, 3.05) is 13.2 Å². The fraction of sp³-hybridized carbons (Fsp3) is 0.438. The second kappa shape index (κ2) is 8.38. The van der Waals surface area contributed by atoms with E-state index < -0.39 is 12.1 Å². The monoisotopic (exact) mass is 278 g/mol. The number of benzene rings is 1. The Labute approximate surface area is 120 Å². The number of carbonyl (C=O) groups is 1. The Kier molecular flexibility index (Phi) is 6.81. The molecule has 4 nitrogen and oxygen atoms in total. The van der Waals surface area contributed by atoms with Crippen molar-refractivity contribution in [3.05, 3.63) is 42.0 Å². The zero-order valence-corrected chi connectivity index (χ0v) is 12.1. The first-order valence-corrected chi connectivity index (χ1v) is 6.73. The molecular formula is C16H22O4. The number of ether oxygens (including phenoxy) is 2. The Bertz CT molecular complexity index is 436. The molecule has 0 saturated heterocycles.